The zero-order valence-electron chi connectivity index (χ0n) is 15.2. The zero-order valence-corrected chi connectivity index (χ0v) is 16.0. The Bertz CT molecular complexity index is 894. The molecule has 2 aromatic carbocycles. The smallest absolute Gasteiger partial charge is 0.347 e. The first-order chi connectivity index (χ1) is 12.7. The second-order valence-electron chi connectivity index (χ2n) is 5.97. The van der Waals surface area contributed by atoms with E-state index >= 15 is 0 Å². The predicted molar refractivity (Wildman–Crippen MR) is 101 cm³/mol. The van der Waals surface area contributed by atoms with Gasteiger partial charge in [-0.2, -0.15) is 0 Å². The summed E-state index contributed by atoms with van der Waals surface area (Å²) in [5.74, 6) is -0.536. The molecule has 2 aromatic rings. The maximum atomic E-state index is 12.4. The number of benzene rings is 2. The molecule has 0 aromatic heterocycles. The summed E-state index contributed by atoms with van der Waals surface area (Å²) in [6, 6.07) is 14.7. The van der Waals surface area contributed by atoms with Gasteiger partial charge in [0.1, 0.15) is 5.75 Å². The highest BCUT2D eigenvalue weighted by Gasteiger charge is 2.24. The SMILES string of the molecule is C[C@H](Oc1ccccc1)C(=O)O[C@@H](C)C(=O)c1ccc(NS(C)(=O)=O)cc1. The molecule has 8 heteroatoms. The average Bonchev–Trinajstić information content (AvgIpc) is 2.61. The van der Waals surface area contributed by atoms with E-state index < -0.39 is 34.0 Å². The second-order valence-corrected chi connectivity index (χ2v) is 7.72. The van der Waals surface area contributed by atoms with Crippen molar-refractivity contribution >= 4 is 27.5 Å². The fourth-order valence-electron chi connectivity index (χ4n) is 2.23. The lowest BCUT2D eigenvalue weighted by Crippen LogP contribution is -2.32. The van der Waals surface area contributed by atoms with Gasteiger partial charge in [0.15, 0.2) is 12.2 Å². The standard InChI is InChI=1S/C19H21NO6S/c1-13(26-19(22)14(2)25-17-7-5-4-6-8-17)18(21)15-9-11-16(12-10-15)20-27(3,23)24/h4-14,20H,1-3H3/t13-,14-/m0/s1. The summed E-state index contributed by atoms with van der Waals surface area (Å²) < 4.78 is 35.4. The maximum Gasteiger partial charge on any atom is 0.347 e. The summed E-state index contributed by atoms with van der Waals surface area (Å²) in [5.41, 5.74) is 0.634. The van der Waals surface area contributed by atoms with Crippen molar-refractivity contribution in [2.45, 2.75) is 26.1 Å². The highest BCUT2D eigenvalue weighted by Crippen LogP contribution is 2.15. The van der Waals surface area contributed by atoms with Crippen molar-refractivity contribution in [1.29, 1.82) is 0 Å². The van der Waals surface area contributed by atoms with Gasteiger partial charge in [-0.3, -0.25) is 9.52 Å². The number of hydrogen-bond donors (Lipinski definition) is 1. The van der Waals surface area contributed by atoms with Gasteiger partial charge in [-0.1, -0.05) is 18.2 Å². The van der Waals surface area contributed by atoms with Crippen LogP contribution < -0.4 is 9.46 Å². The number of Topliss-reactive ketones (excluding diaryl/α,β-unsaturated/α-hetero) is 1. The minimum Gasteiger partial charge on any atom is -0.479 e. The molecule has 1 N–H and O–H groups in total. The Balaban J connectivity index is 1.95. The van der Waals surface area contributed by atoms with E-state index in [2.05, 4.69) is 4.72 Å². The van der Waals surface area contributed by atoms with Crippen LogP contribution in [0.1, 0.15) is 24.2 Å². The van der Waals surface area contributed by atoms with Crippen LogP contribution in [0.2, 0.25) is 0 Å². The molecule has 0 bridgehead atoms. The molecule has 0 aliphatic heterocycles. The molecule has 0 unspecified atom stereocenters. The first-order valence-electron chi connectivity index (χ1n) is 8.20. The molecule has 2 atom stereocenters. The van der Waals surface area contributed by atoms with Crippen LogP contribution in [0.3, 0.4) is 0 Å². The third kappa shape index (κ3) is 6.41. The molecule has 0 heterocycles. The number of hydrogen-bond acceptors (Lipinski definition) is 6. The Kier molecular flexibility index (Phi) is 6.57. The number of ether oxygens (including phenoxy) is 2. The highest BCUT2D eigenvalue weighted by molar-refractivity contribution is 7.92. The number of nitrogens with one attached hydrogen (secondary N) is 1. The Morgan fingerprint density at radius 1 is 0.926 bits per heavy atom. The fourth-order valence-corrected chi connectivity index (χ4v) is 2.79. The van der Waals surface area contributed by atoms with Gasteiger partial charge in [0.05, 0.1) is 6.26 Å². The van der Waals surface area contributed by atoms with Crippen molar-refractivity contribution in [1.82, 2.24) is 0 Å². The van der Waals surface area contributed by atoms with Crippen LogP contribution in [-0.2, 0) is 19.6 Å². The Hall–Kier alpha value is -2.87. The molecule has 2 rings (SSSR count). The van der Waals surface area contributed by atoms with Gasteiger partial charge in [0.2, 0.25) is 15.8 Å². The normalized spacial score (nSPS) is 13.3. The number of esters is 1. The molecule has 0 saturated carbocycles. The van der Waals surface area contributed by atoms with E-state index in [1.165, 1.54) is 38.1 Å². The molecule has 0 aliphatic rings. The molecule has 0 amide bonds. The van der Waals surface area contributed by atoms with E-state index in [9.17, 15) is 18.0 Å². The van der Waals surface area contributed by atoms with E-state index in [1.807, 2.05) is 6.07 Å². The van der Waals surface area contributed by atoms with Crippen LogP contribution in [0.15, 0.2) is 54.6 Å². The molecule has 0 spiro atoms. The Morgan fingerprint density at radius 2 is 1.52 bits per heavy atom. The van der Waals surface area contributed by atoms with Gasteiger partial charge in [0, 0.05) is 11.3 Å². The van der Waals surface area contributed by atoms with E-state index in [0.717, 1.165) is 6.26 Å². The molecule has 0 saturated heterocycles. The van der Waals surface area contributed by atoms with Crippen molar-refractivity contribution in [2.24, 2.45) is 0 Å². The van der Waals surface area contributed by atoms with Crippen molar-refractivity contribution in [3.63, 3.8) is 0 Å². The molecule has 144 valence electrons. The van der Waals surface area contributed by atoms with Gasteiger partial charge in [-0.05, 0) is 50.2 Å². The zero-order chi connectivity index (χ0) is 20.0. The molecule has 27 heavy (non-hydrogen) atoms. The topological polar surface area (TPSA) is 98.8 Å². The van der Waals surface area contributed by atoms with Gasteiger partial charge in [0.25, 0.3) is 0 Å². The summed E-state index contributed by atoms with van der Waals surface area (Å²) in [6.45, 7) is 3.01. The van der Waals surface area contributed by atoms with Gasteiger partial charge in [-0.25, -0.2) is 13.2 Å². The van der Waals surface area contributed by atoms with Crippen LogP contribution >= 0.6 is 0 Å². The third-order valence-corrected chi connectivity index (χ3v) is 4.13. The lowest BCUT2D eigenvalue weighted by atomic mass is 10.1. The lowest BCUT2D eigenvalue weighted by Gasteiger charge is -2.17. The fraction of sp³-hybridized carbons (Fsp3) is 0.263. The Labute approximate surface area is 158 Å². The lowest BCUT2D eigenvalue weighted by molar-refractivity contribution is -0.153. The summed E-state index contributed by atoms with van der Waals surface area (Å²) in [7, 11) is -3.40. The molecule has 0 fully saturated rings. The largest absolute Gasteiger partial charge is 0.479 e. The number of rotatable bonds is 8. The monoisotopic (exact) mass is 391 g/mol. The second kappa shape index (κ2) is 8.68. The average molecular weight is 391 g/mol. The molecule has 7 nitrogen and oxygen atoms in total. The molecular weight excluding hydrogens is 370 g/mol. The third-order valence-electron chi connectivity index (χ3n) is 3.52. The molecule has 0 aliphatic carbocycles. The van der Waals surface area contributed by atoms with Crippen molar-refractivity contribution < 1.29 is 27.5 Å². The first-order valence-corrected chi connectivity index (χ1v) is 10.1. The van der Waals surface area contributed by atoms with Gasteiger partial charge in [-0.15, -0.1) is 0 Å². The van der Waals surface area contributed by atoms with E-state index in [0.29, 0.717) is 17.0 Å². The van der Waals surface area contributed by atoms with Crippen molar-refractivity contribution in [2.75, 3.05) is 11.0 Å². The van der Waals surface area contributed by atoms with Crippen LogP contribution in [0.25, 0.3) is 0 Å². The Morgan fingerprint density at radius 3 is 2.07 bits per heavy atom. The summed E-state index contributed by atoms with van der Waals surface area (Å²) >= 11 is 0. The summed E-state index contributed by atoms with van der Waals surface area (Å²) in [4.78, 5) is 24.5. The van der Waals surface area contributed by atoms with Crippen LogP contribution in [0, 0.1) is 0 Å². The number of carbonyl (C=O) groups excluding carboxylic acids is 2. The molecular formula is C19H21NO6S. The van der Waals surface area contributed by atoms with Crippen LogP contribution in [0.4, 0.5) is 5.69 Å². The van der Waals surface area contributed by atoms with E-state index in [-0.39, 0.29) is 0 Å². The number of sulfonamides is 1. The van der Waals surface area contributed by atoms with Crippen molar-refractivity contribution in [3.05, 3.63) is 60.2 Å². The number of anilines is 1. The van der Waals surface area contributed by atoms with E-state index in [1.54, 1.807) is 24.3 Å². The summed E-state index contributed by atoms with van der Waals surface area (Å²) in [5, 5.41) is 0. The minimum absolute atomic E-state index is 0.297. The highest BCUT2D eigenvalue weighted by atomic mass is 32.2. The molecule has 0 radical (unpaired) electrons. The van der Waals surface area contributed by atoms with E-state index in [4.69, 9.17) is 9.47 Å². The van der Waals surface area contributed by atoms with Crippen molar-refractivity contribution in [3.8, 4) is 5.75 Å². The minimum atomic E-state index is -3.40. The first kappa shape index (κ1) is 20.4. The van der Waals surface area contributed by atoms with Crippen LogP contribution in [0.5, 0.6) is 5.75 Å². The summed E-state index contributed by atoms with van der Waals surface area (Å²) in [6.07, 6.45) is -0.844. The quantitative estimate of drug-likeness (QED) is 0.549. The maximum absolute atomic E-state index is 12.4. The van der Waals surface area contributed by atoms with Crippen LogP contribution in [-0.4, -0.2) is 38.6 Å². The van der Waals surface area contributed by atoms with Gasteiger partial charge < -0.3 is 9.47 Å². The number of ketones is 1. The number of carbonyl (C=O) groups is 2. The van der Waals surface area contributed by atoms with Gasteiger partial charge >= 0.3 is 5.97 Å². The predicted octanol–water partition coefficient (Wildman–Crippen LogP) is 2.64. The number of para-hydroxylation sites is 1.